The molecule has 1 atom stereocenters. The number of anilines is 1. The van der Waals surface area contributed by atoms with Crippen LogP contribution in [0.15, 0.2) is 29.4 Å². The molecule has 0 spiro atoms. The number of carbonyl (C=O) groups is 1. The van der Waals surface area contributed by atoms with Gasteiger partial charge in [0.25, 0.3) is 5.91 Å². The van der Waals surface area contributed by atoms with Gasteiger partial charge in [-0.05, 0) is 50.4 Å². The fourth-order valence-corrected chi connectivity index (χ4v) is 2.41. The minimum absolute atomic E-state index is 0.0795. The van der Waals surface area contributed by atoms with Gasteiger partial charge < -0.3 is 5.73 Å². The quantitative estimate of drug-likeness (QED) is 0.883. The van der Waals surface area contributed by atoms with Crippen LogP contribution in [0.3, 0.4) is 0 Å². The Kier molecular flexibility index (Phi) is 4.32. The smallest absolute Gasteiger partial charge is 0.256 e. The molecule has 1 aliphatic heterocycles. The van der Waals surface area contributed by atoms with Crippen molar-refractivity contribution in [2.75, 3.05) is 11.6 Å². The van der Waals surface area contributed by atoms with Crippen LogP contribution in [0.2, 0.25) is 0 Å². The van der Waals surface area contributed by atoms with Crippen LogP contribution in [0.1, 0.15) is 31.7 Å². The van der Waals surface area contributed by atoms with E-state index in [1.165, 1.54) is 0 Å². The Bertz CT molecular complexity index is 496. The summed E-state index contributed by atoms with van der Waals surface area (Å²) >= 11 is 0. The minimum atomic E-state index is -0.0888. The van der Waals surface area contributed by atoms with Crippen molar-refractivity contribution < 1.29 is 4.79 Å². The number of aryl methyl sites for hydroxylation is 1. The van der Waals surface area contributed by atoms with E-state index in [4.69, 9.17) is 5.73 Å². The highest BCUT2D eigenvalue weighted by molar-refractivity contribution is 6.15. The number of hydrogen-bond acceptors (Lipinski definition) is 3. The molecule has 1 unspecified atom stereocenters. The van der Waals surface area contributed by atoms with Gasteiger partial charge in [-0.25, -0.2) is 5.01 Å². The van der Waals surface area contributed by atoms with E-state index in [1.807, 2.05) is 38.1 Å². The van der Waals surface area contributed by atoms with Crippen LogP contribution in [0.5, 0.6) is 0 Å². The van der Waals surface area contributed by atoms with E-state index in [9.17, 15) is 4.79 Å². The summed E-state index contributed by atoms with van der Waals surface area (Å²) in [5.74, 6) is -0.00929. The summed E-state index contributed by atoms with van der Waals surface area (Å²) < 4.78 is 0. The molecule has 0 saturated carbocycles. The number of amides is 1. The van der Waals surface area contributed by atoms with Gasteiger partial charge in [0.2, 0.25) is 0 Å². The summed E-state index contributed by atoms with van der Waals surface area (Å²) in [7, 11) is 0. The molecule has 0 aromatic heterocycles. The highest BCUT2D eigenvalue weighted by atomic mass is 16.2. The van der Waals surface area contributed by atoms with E-state index in [-0.39, 0.29) is 11.8 Å². The van der Waals surface area contributed by atoms with E-state index >= 15 is 0 Å². The van der Waals surface area contributed by atoms with Crippen LogP contribution in [0.4, 0.5) is 5.69 Å². The summed E-state index contributed by atoms with van der Waals surface area (Å²) in [6.45, 7) is 4.67. The zero-order valence-electron chi connectivity index (χ0n) is 11.6. The lowest BCUT2D eigenvalue weighted by Crippen LogP contribution is -2.27. The second-order valence-electron chi connectivity index (χ2n) is 4.92. The van der Waals surface area contributed by atoms with Gasteiger partial charge in [-0.3, -0.25) is 4.79 Å². The van der Waals surface area contributed by atoms with Gasteiger partial charge in [-0.1, -0.05) is 19.1 Å². The predicted octanol–water partition coefficient (Wildman–Crippen LogP) is 2.46. The number of nitrogens with zero attached hydrogens (tertiary/aromatic N) is 2. The van der Waals surface area contributed by atoms with Gasteiger partial charge in [0.05, 0.1) is 17.3 Å². The molecule has 1 amide bonds. The number of rotatable bonds is 5. The van der Waals surface area contributed by atoms with Gasteiger partial charge >= 0.3 is 0 Å². The van der Waals surface area contributed by atoms with Gasteiger partial charge in [-0.2, -0.15) is 5.10 Å². The second-order valence-corrected chi connectivity index (χ2v) is 4.92. The molecular formula is C15H21N3O. The second kappa shape index (κ2) is 5.97. The van der Waals surface area contributed by atoms with Crippen molar-refractivity contribution in [2.24, 2.45) is 16.8 Å². The molecule has 102 valence electrons. The maximum atomic E-state index is 12.5. The molecule has 1 heterocycles. The fraction of sp³-hybridized carbons (Fsp3) is 0.467. The normalized spacial score (nSPS) is 18.9. The van der Waals surface area contributed by atoms with E-state index in [1.54, 1.807) is 5.01 Å². The minimum Gasteiger partial charge on any atom is -0.330 e. The molecule has 1 aromatic rings. The largest absolute Gasteiger partial charge is 0.330 e. The average Bonchev–Trinajstić information content (AvgIpc) is 2.73. The van der Waals surface area contributed by atoms with E-state index < -0.39 is 0 Å². The number of hydrazone groups is 1. The van der Waals surface area contributed by atoms with Crippen LogP contribution < -0.4 is 10.7 Å². The summed E-state index contributed by atoms with van der Waals surface area (Å²) in [4.78, 5) is 12.5. The van der Waals surface area contributed by atoms with Crippen molar-refractivity contribution in [1.29, 1.82) is 0 Å². The van der Waals surface area contributed by atoms with Crippen molar-refractivity contribution in [3.05, 3.63) is 29.8 Å². The third-order valence-corrected chi connectivity index (χ3v) is 3.44. The fourth-order valence-electron chi connectivity index (χ4n) is 2.41. The number of hydrogen-bond donors (Lipinski definition) is 1. The number of carbonyl (C=O) groups excluding carboxylic acids is 1. The summed E-state index contributed by atoms with van der Waals surface area (Å²) in [6.07, 6.45) is 2.46. The van der Waals surface area contributed by atoms with Crippen molar-refractivity contribution >= 4 is 17.3 Å². The van der Waals surface area contributed by atoms with Crippen LogP contribution in [-0.4, -0.2) is 18.2 Å². The van der Waals surface area contributed by atoms with Gasteiger partial charge in [-0.15, -0.1) is 0 Å². The molecule has 0 aliphatic carbocycles. The molecule has 1 aliphatic rings. The van der Waals surface area contributed by atoms with Crippen LogP contribution in [0.25, 0.3) is 0 Å². The number of benzene rings is 1. The predicted molar refractivity (Wildman–Crippen MR) is 78.2 cm³/mol. The molecule has 2 rings (SSSR count). The average molecular weight is 259 g/mol. The summed E-state index contributed by atoms with van der Waals surface area (Å²) in [5, 5.41) is 6.04. The first-order valence-electron chi connectivity index (χ1n) is 6.85. The van der Waals surface area contributed by atoms with Crippen molar-refractivity contribution in [2.45, 2.75) is 33.1 Å². The molecule has 4 heteroatoms. The SMILES string of the molecule is CCC1=NN(c2cccc(C)c2)C(=O)C1CCCN. The molecule has 4 nitrogen and oxygen atoms in total. The first-order valence-corrected chi connectivity index (χ1v) is 6.85. The molecule has 0 saturated heterocycles. The van der Waals surface area contributed by atoms with Gasteiger partial charge in [0.1, 0.15) is 0 Å². The van der Waals surface area contributed by atoms with Crippen molar-refractivity contribution in [3.63, 3.8) is 0 Å². The monoisotopic (exact) mass is 259 g/mol. The highest BCUT2D eigenvalue weighted by Crippen LogP contribution is 2.27. The Hall–Kier alpha value is -1.68. The highest BCUT2D eigenvalue weighted by Gasteiger charge is 2.34. The Morgan fingerprint density at radius 1 is 1.42 bits per heavy atom. The number of nitrogens with two attached hydrogens (primary N) is 1. The lowest BCUT2D eigenvalue weighted by atomic mass is 9.96. The van der Waals surface area contributed by atoms with Gasteiger partial charge in [0, 0.05) is 0 Å². The molecule has 0 radical (unpaired) electrons. The zero-order chi connectivity index (χ0) is 13.8. The summed E-state index contributed by atoms with van der Waals surface area (Å²) in [6, 6.07) is 7.87. The van der Waals surface area contributed by atoms with Crippen LogP contribution in [-0.2, 0) is 4.79 Å². The lowest BCUT2D eigenvalue weighted by molar-refractivity contribution is -0.119. The van der Waals surface area contributed by atoms with Crippen LogP contribution >= 0.6 is 0 Å². The Labute approximate surface area is 114 Å². The molecule has 2 N–H and O–H groups in total. The Balaban J connectivity index is 2.24. The van der Waals surface area contributed by atoms with Gasteiger partial charge in [0.15, 0.2) is 0 Å². The maximum Gasteiger partial charge on any atom is 0.256 e. The zero-order valence-corrected chi connectivity index (χ0v) is 11.6. The Morgan fingerprint density at radius 3 is 2.84 bits per heavy atom. The standard InChI is InChI=1S/C15H21N3O/c1-3-14-13(8-5-9-16)15(19)18(17-14)12-7-4-6-11(2)10-12/h4,6-7,10,13H,3,5,8-9,16H2,1-2H3. The molecular weight excluding hydrogens is 238 g/mol. The third-order valence-electron chi connectivity index (χ3n) is 3.44. The molecule has 0 fully saturated rings. The first kappa shape index (κ1) is 13.7. The molecule has 0 bridgehead atoms. The van der Waals surface area contributed by atoms with Crippen molar-refractivity contribution in [1.82, 2.24) is 0 Å². The van der Waals surface area contributed by atoms with Crippen molar-refractivity contribution in [3.8, 4) is 0 Å². The Morgan fingerprint density at radius 2 is 2.21 bits per heavy atom. The first-order chi connectivity index (χ1) is 9.17. The molecule has 19 heavy (non-hydrogen) atoms. The van der Waals surface area contributed by atoms with E-state index in [0.29, 0.717) is 6.54 Å². The van der Waals surface area contributed by atoms with E-state index in [0.717, 1.165) is 36.2 Å². The topological polar surface area (TPSA) is 58.7 Å². The van der Waals surface area contributed by atoms with E-state index in [2.05, 4.69) is 5.10 Å². The molecule has 1 aromatic carbocycles. The lowest BCUT2D eigenvalue weighted by Gasteiger charge is -2.14. The maximum absolute atomic E-state index is 12.5. The summed E-state index contributed by atoms with van der Waals surface area (Å²) in [5.41, 5.74) is 8.49. The third kappa shape index (κ3) is 2.84. The van der Waals surface area contributed by atoms with Crippen LogP contribution in [0, 0.1) is 12.8 Å².